The molecule has 2 aliphatic rings. The molecular weight excluding hydrogens is 400 g/mol. The molecule has 6 rings (SSSR count). The van der Waals surface area contributed by atoms with Crippen LogP contribution < -0.4 is 9.64 Å². The molecule has 4 heterocycles. The highest BCUT2D eigenvalue weighted by Gasteiger charge is 2.30. The Morgan fingerprint density at radius 1 is 1.03 bits per heavy atom. The van der Waals surface area contributed by atoms with Gasteiger partial charge in [-0.1, -0.05) is 18.1 Å². The number of aromatic nitrogens is 3. The average Bonchev–Trinajstić information content (AvgIpc) is 3.17. The lowest BCUT2D eigenvalue weighted by molar-refractivity contribution is 0.0705. The number of hydrogen-bond acceptors (Lipinski definition) is 5. The van der Waals surface area contributed by atoms with E-state index in [9.17, 15) is 0 Å². The Labute approximate surface area is 186 Å². The summed E-state index contributed by atoms with van der Waals surface area (Å²) in [4.78, 5) is 6.52. The number of aryl methyl sites for hydroxylation is 1. The average molecular weight is 422 g/mol. The van der Waals surface area contributed by atoms with Gasteiger partial charge in [0.25, 0.3) is 0 Å². The molecule has 158 valence electrons. The highest BCUT2D eigenvalue weighted by Crippen LogP contribution is 2.38. The fraction of sp³-hybridized carbons (Fsp3) is 0.231. The van der Waals surface area contributed by atoms with Gasteiger partial charge in [-0.05, 0) is 53.4 Å². The number of hydrogen-bond donors (Lipinski definition) is 0. The molecule has 32 heavy (non-hydrogen) atoms. The first-order chi connectivity index (χ1) is 15.8. The van der Waals surface area contributed by atoms with Crippen molar-refractivity contribution in [2.45, 2.75) is 6.04 Å². The molecule has 0 N–H and O–H groups in total. The number of morpholine rings is 1. The van der Waals surface area contributed by atoms with Crippen molar-refractivity contribution < 1.29 is 9.47 Å². The van der Waals surface area contributed by atoms with E-state index in [0.29, 0.717) is 12.6 Å². The number of fused-ring (bicyclic) bond motifs is 4. The zero-order valence-corrected chi connectivity index (χ0v) is 17.8. The van der Waals surface area contributed by atoms with Crippen molar-refractivity contribution in [2.24, 2.45) is 7.05 Å². The van der Waals surface area contributed by atoms with E-state index in [1.54, 1.807) is 12.4 Å². The molecule has 0 aliphatic carbocycles. The van der Waals surface area contributed by atoms with Gasteiger partial charge in [0.05, 0.1) is 30.5 Å². The Balaban J connectivity index is 1.35. The van der Waals surface area contributed by atoms with Crippen LogP contribution in [-0.4, -0.2) is 47.2 Å². The maximum atomic E-state index is 6.08. The molecular formula is C26H22N4O2. The minimum atomic E-state index is 0.305. The summed E-state index contributed by atoms with van der Waals surface area (Å²) >= 11 is 0. The molecule has 0 saturated carbocycles. The predicted octanol–water partition coefficient (Wildman–Crippen LogP) is 3.63. The molecule has 2 aromatic heterocycles. The second-order valence-corrected chi connectivity index (χ2v) is 8.11. The zero-order chi connectivity index (χ0) is 21.5. The summed E-state index contributed by atoms with van der Waals surface area (Å²) in [6, 6.07) is 17.0. The van der Waals surface area contributed by atoms with Gasteiger partial charge in [-0.25, -0.2) is 0 Å². The molecule has 6 nitrogen and oxygen atoms in total. The highest BCUT2D eigenvalue weighted by atomic mass is 16.5. The van der Waals surface area contributed by atoms with Gasteiger partial charge in [-0.2, -0.15) is 5.10 Å². The maximum absolute atomic E-state index is 6.08. The minimum absolute atomic E-state index is 0.305. The number of nitrogens with zero attached hydrogens (tertiary/aromatic N) is 4. The van der Waals surface area contributed by atoms with E-state index in [1.165, 1.54) is 0 Å². The standard InChI is InChI=1S/C26H22N4O2/c1-29-25-13-19(5-7-22(25)23(28-29)8-4-18-3-2-10-27-15-18)20-6-9-24-26(14-20)32-17-21-16-31-12-11-30(21)24/h2-3,5-7,9-10,13-15,21H,11-12,16-17H2,1H3. The molecule has 4 aromatic rings. The minimum Gasteiger partial charge on any atom is -0.489 e. The third-order valence-electron chi connectivity index (χ3n) is 6.10. The molecule has 6 heteroatoms. The van der Waals surface area contributed by atoms with Crippen molar-refractivity contribution in [3.05, 3.63) is 72.2 Å². The first-order valence-corrected chi connectivity index (χ1v) is 10.8. The lowest BCUT2D eigenvalue weighted by Gasteiger charge is -2.41. The van der Waals surface area contributed by atoms with E-state index >= 15 is 0 Å². The van der Waals surface area contributed by atoms with E-state index in [1.807, 2.05) is 23.9 Å². The summed E-state index contributed by atoms with van der Waals surface area (Å²) in [7, 11) is 1.95. The third kappa shape index (κ3) is 3.28. The summed E-state index contributed by atoms with van der Waals surface area (Å²) in [5, 5.41) is 5.67. The van der Waals surface area contributed by atoms with Crippen LogP contribution in [0.25, 0.3) is 22.0 Å². The van der Waals surface area contributed by atoms with Gasteiger partial charge in [0.2, 0.25) is 0 Å². The van der Waals surface area contributed by atoms with E-state index < -0.39 is 0 Å². The number of anilines is 1. The molecule has 2 aliphatic heterocycles. The topological polar surface area (TPSA) is 52.4 Å². The van der Waals surface area contributed by atoms with E-state index in [-0.39, 0.29) is 0 Å². The van der Waals surface area contributed by atoms with Crippen LogP contribution in [0.1, 0.15) is 11.3 Å². The zero-order valence-electron chi connectivity index (χ0n) is 17.8. The quantitative estimate of drug-likeness (QED) is 0.439. The number of benzene rings is 2. The number of pyridine rings is 1. The molecule has 1 saturated heterocycles. The smallest absolute Gasteiger partial charge is 0.143 e. The van der Waals surface area contributed by atoms with Gasteiger partial charge in [-0.3, -0.25) is 9.67 Å². The second kappa shape index (κ2) is 7.70. The number of rotatable bonds is 1. The Bertz CT molecular complexity index is 1370. The van der Waals surface area contributed by atoms with Crippen LogP contribution in [0.3, 0.4) is 0 Å². The highest BCUT2D eigenvalue weighted by molar-refractivity contribution is 5.89. The summed E-state index contributed by atoms with van der Waals surface area (Å²) < 4.78 is 13.6. The monoisotopic (exact) mass is 422 g/mol. The van der Waals surface area contributed by atoms with Crippen molar-refractivity contribution in [1.82, 2.24) is 14.8 Å². The largest absolute Gasteiger partial charge is 0.489 e. The van der Waals surface area contributed by atoms with Crippen molar-refractivity contribution in [1.29, 1.82) is 0 Å². The van der Waals surface area contributed by atoms with Crippen LogP contribution in [0.2, 0.25) is 0 Å². The van der Waals surface area contributed by atoms with Crippen LogP contribution in [0.5, 0.6) is 5.75 Å². The van der Waals surface area contributed by atoms with Crippen LogP contribution in [0.15, 0.2) is 60.9 Å². The fourth-order valence-electron chi connectivity index (χ4n) is 4.44. The van der Waals surface area contributed by atoms with Crippen LogP contribution >= 0.6 is 0 Å². The van der Waals surface area contributed by atoms with E-state index in [4.69, 9.17) is 9.47 Å². The summed E-state index contributed by atoms with van der Waals surface area (Å²) in [5.41, 5.74) is 6.10. The Kier molecular flexibility index (Phi) is 4.55. The lowest BCUT2D eigenvalue weighted by Crippen LogP contribution is -2.51. The van der Waals surface area contributed by atoms with Gasteiger partial charge in [0, 0.05) is 36.9 Å². The van der Waals surface area contributed by atoms with Gasteiger partial charge in [-0.15, -0.1) is 0 Å². The molecule has 1 fully saturated rings. The van der Waals surface area contributed by atoms with Gasteiger partial charge >= 0.3 is 0 Å². The molecule has 2 aromatic carbocycles. The second-order valence-electron chi connectivity index (χ2n) is 8.11. The van der Waals surface area contributed by atoms with Crippen LogP contribution in [-0.2, 0) is 11.8 Å². The lowest BCUT2D eigenvalue weighted by atomic mass is 10.0. The third-order valence-corrected chi connectivity index (χ3v) is 6.10. The fourth-order valence-corrected chi connectivity index (χ4v) is 4.44. The van der Waals surface area contributed by atoms with E-state index in [2.05, 4.69) is 63.2 Å². The first kappa shape index (κ1) is 18.9. The summed E-state index contributed by atoms with van der Waals surface area (Å²) in [6.45, 7) is 3.06. The maximum Gasteiger partial charge on any atom is 0.143 e. The number of ether oxygens (including phenoxy) is 2. The Morgan fingerprint density at radius 3 is 2.84 bits per heavy atom. The molecule has 0 spiro atoms. The van der Waals surface area contributed by atoms with Gasteiger partial charge < -0.3 is 14.4 Å². The van der Waals surface area contributed by atoms with Gasteiger partial charge in [0.15, 0.2) is 0 Å². The van der Waals surface area contributed by atoms with Crippen molar-refractivity contribution in [2.75, 3.05) is 31.3 Å². The normalized spacial score (nSPS) is 17.2. The first-order valence-electron chi connectivity index (χ1n) is 10.8. The van der Waals surface area contributed by atoms with Gasteiger partial charge in [0.1, 0.15) is 18.1 Å². The summed E-state index contributed by atoms with van der Waals surface area (Å²) in [5.74, 6) is 7.28. The van der Waals surface area contributed by atoms with Crippen molar-refractivity contribution in [3.63, 3.8) is 0 Å². The molecule has 1 unspecified atom stereocenters. The van der Waals surface area contributed by atoms with Crippen LogP contribution in [0, 0.1) is 11.8 Å². The van der Waals surface area contributed by atoms with Crippen LogP contribution in [0.4, 0.5) is 5.69 Å². The molecule has 0 radical (unpaired) electrons. The Morgan fingerprint density at radius 2 is 1.94 bits per heavy atom. The van der Waals surface area contributed by atoms with Crippen molar-refractivity contribution in [3.8, 4) is 28.7 Å². The SMILES string of the molecule is Cn1nc(C#Cc2cccnc2)c2ccc(-c3ccc4c(c3)OCC3COCCN43)cc21. The molecule has 0 amide bonds. The van der Waals surface area contributed by atoms with Crippen molar-refractivity contribution >= 4 is 16.6 Å². The Hall–Kier alpha value is -3.82. The molecule has 1 atom stereocenters. The predicted molar refractivity (Wildman–Crippen MR) is 124 cm³/mol. The molecule has 0 bridgehead atoms. The van der Waals surface area contributed by atoms with E-state index in [0.717, 1.165) is 64.5 Å². The summed E-state index contributed by atoms with van der Waals surface area (Å²) in [6.07, 6.45) is 3.50.